The molecule has 0 spiro atoms. The third-order valence-electron chi connectivity index (χ3n) is 7.32. The van der Waals surface area contributed by atoms with Crippen LogP contribution in [-0.2, 0) is 20.9 Å². The van der Waals surface area contributed by atoms with Crippen molar-refractivity contribution in [3.05, 3.63) is 32.9 Å². The van der Waals surface area contributed by atoms with Gasteiger partial charge in [-0.2, -0.15) is 0 Å². The number of nitrogens with zero attached hydrogens (tertiary/aromatic N) is 1. The average Bonchev–Trinajstić information content (AvgIpc) is 3.22. The Morgan fingerprint density at radius 3 is 2.46 bits per heavy atom. The molecule has 0 aliphatic heterocycles. The average molecular weight is 661 g/mol. The first-order valence-corrected chi connectivity index (χ1v) is 14.6. The first-order valence-electron chi connectivity index (χ1n) is 13.6. The van der Waals surface area contributed by atoms with Gasteiger partial charge in [0.05, 0.1) is 43.0 Å². The second-order valence-electron chi connectivity index (χ2n) is 9.97. The molecule has 0 heterocycles. The van der Waals surface area contributed by atoms with Crippen LogP contribution < -0.4 is 14.8 Å². The lowest BCUT2D eigenvalue weighted by Crippen LogP contribution is -2.58. The Morgan fingerprint density at radius 1 is 1.13 bits per heavy atom. The van der Waals surface area contributed by atoms with E-state index in [1.807, 2.05) is 0 Å². The molecule has 0 saturated heterocycles. The van der Waals surface area contributed by atoms with E-state index in [2.05, 4.69) is 27.9 Å². The van der Waals surface area contributed by atoms with Gasteiger partial charge < -0.3 is 39.7 Å². The minimum Gasteiger partial charge on any atom is -0.493 e. The standard InChI is InChI=1S/C28H41IN2O8/c1-37-12-9-25(34)31(20-7-5-3-4-6-8-20)22-15-19(28(36)30-10-11-32)16-23(26(22)35)39-27-21(29)13-18(17-33)14-24(27)38-2/h13-14,16,20,22-23,26,32-33,35H,3-12,15,17H2,1-2H3,(H,30,36)/t22-,23+,26+/m1/s1. The van der Waals surface area contributed by atoms with Gasteiger partial charge in [0, 0.05) is 31.7 Å². The van der Waals surface area contributed by atoms with Crippen molar-refractivity contribution in [2.24, 2.45) is 0 Å². The zero-order chi connectivity index (χ0) is 28.4. The first kappa shape index (κ1) is 31.6. The minimum atomic E-state index is -1.12. The summed E-state index contributed by atoms with van der Waals surface area (Å²) in [6.45, 7) is -0.0312. The smallest absolute Gasteiger partial charge is 0.247 e. The molecule has 10 nitrogen and oxygen atoms in total. The highest BCUT2D eigenvalue weighted by atomic mass is 127. The number of methoxy groups -OCH3 is 2. The lowest BCUT2D eigenvalue weighted by molar-refractivity contribution is -0.143. The summed E-state index contributed by atoms with van der Waals surface area (Å²) in [6, 6.07) is 2.67. The molecule has 2 aliphatic carbocycles. The van der Waals surface area contributed by atoms with Crippen LogP contribution in [0.25, 0.3) is 0 Å². The molecule has 0 radical (unpaired) electrons. The number of aliphatic hydroxyl groups excluding tert-OH is 3. The Hall–Kier alpha value is -1.93. The van der Waals surface area contributed by atoms with Crippen molar-refractivity contribution in [1.82, 2.24) is 10.2 Å². The molecule has 2 amide bonds. The van der Waals surface area contributed by atoms with Gasteiger partial charge in [-0.15, -0.1) is 0 Å². The molecule has 1 aromatic carbocycles. The van der Waals surface area contributed by atoms with E-state index in [0.29, 0.717) is 26.2 Å². The van der Waals surface area contributed by atoms with Gasteiger partial charge >= 0.3 is 0 Å². The molecule has 39 heavy (non-hydrogen) atoms. The van der Waals surface area contributed by atoms with Gasteiger partial charge in [-0.1, -0.05) is 25.7 Å². The Bertz CT molecular complexity index is 996. The molecule has 2 aliphatic rings. The summed E-state index contributed by atoms with van der Waals surface area (Å²) in [4.78, 5) is 28.5. The molecule has 0 unspecified atom stereocenters. The van der Waals surface area contributed by atoms with Crippen LogP contribution in [0.5, 0.6) is 11.5 Å². The summed E-state index contributed by atoms with van der Waals surface area (Å²) >= 11 is 2.08. The van der Waals surface area contributed by atoms with E-state index in [1.165, 1.54) is 7.11 Å². The molecule has 1 aromatic rings. The highest BCUT2D eigenvalue weighted by molar-refractivity contribution is 14.1. The van der Waals surface area contributed by atoms with E-state index in [4.69, 9.17) is 14.2 Å². The monoisotopic (exact) mass is 660 g/mol. The predicted molar refractivity (Wildman–Crippen MR) is 153 cm³/mol. The molecular weight excluding hydrogens is 619 g/mol. The summed E-state index contributed by atoms with van der Waals surface area (Å²) in [5.41, 5.74) is 1.02. The van der Waals surface area contributed by atoms with Crippen LogP contribution in [0.15, 0.2) is 23.8 Å². The molecule has 1 saturated carbocycles. The van der Waals surface area contributed by atoms with E-state index in [9.17, 15) is 24.9 Å². The normalized spacial score (nSPS) is 22.0. The summed E-state index contributed by atoms with van der Waals surface area (Å²) in [6.07, 6.45) is 5.71. The number of ether oxygens (including phenoxy) is 3. The highest BCUT2D eigenvalue weighted by Gasteiger charge is 2.43. The largest absolute Gasteiger partial charge is 0.493 e. The fourth-order valence-electron chi connectivity index (χ4n) is 5.38. The SMILES string of the molecule is COCCC(=O)N(C1CCCCCC1)[C@@H]1CC(C(=O)NCCO)=C[C@H](Oc2c(I)cc(CO)cc2OC)[C@H]1O. The Morgan fingerprint density at radius 2 is 1.85 bits per heavy atom. The number of rotatable bonds is 12. The van der Waals surface area contributed by atoms with Gasteiger partial charge in [-0.05, 0) is 59.2 Å². The van der Waals surface area contributed by atoms with Crippen LogP contribution >= 0.6 is 22.6 Å². The van der Waals surface area contributed by atoms with E-state index in [1.54, 1.807) is 30.2 Å². The molecule has 0 bridgehead atoms. The van der Waals surface area contributed by atoms with Gasteiger partial charge in [0.2, 0.25) is 11.8 Å². The van der Waals surface area contributed by atoms with Gasteiger partial charge in [0.1, 0.15) is 12.2 Å². The van der Waals surface area contributed by atoms with Crippen LogP contribution in [-0.4, -0.2) is 90.3 Å². The van der Waals surface area contributed by atoms with E-state index in [0.717, 1.165) is 38.5 Å². The van der Waals surface area contributed by atoms with E-state index in [-0.39, 0.29) is 57.1 Å². The summed E-state index contributed by atoms with van der Waals surface area (Å²) < 4.78 is 17.7. The first-order chi connectivity index (χ1) is 18.8. The fraction of sp³-hybridized carbons (Fsp3) is 0.643. The molecule has 3 rings (SSSR count). The second-order valence-corrected chi connectivity index (χ2v) is 11.1. The third kappa shape index (κ3) is 8.29. The topological polar surface area (TPSA) is 138 Å². The number of hydrogen-bond donors (Lipinski definition) is 4. The van der Waals surface area contributed by atoms with Crippen LogP contribution in [0.3, 0.4) is 0 Å². The van der Waals surface area contributed by atoms with Gasteiger partial charge in [-0.25, -0.2) is 0 Å². The third-order valence-corrected chi connectivity index (χ3v) is 8.12. The number of halogens is 1. The van der Waals surface area contributed by atoms with Gasteiger partial charge in [0.25, 0.3) is 0 Å². The highest BCUT2D eigenvalue weighted by Crippen LogP contribution is 2.38. The fourth-order valence-corrected chi connectivity index (χ4v) is 6.17. The zero-order valence-corrected chi connectivity index (χ0v) is 24.9. The number of aliphatic hydroxyl groups is 3. The quantitative estimate of drug-likeness (QED) is 0.198. The number of carbonyl (C=O) groups excluding carboxylic acids is 2. The molecule has 3 atom stereocenters. The van der Waals surface area contributed by atoms with Crippen molar-refractivity contribution in [3.63, 3.8) is 0 Å². The second kappa shape index (κ2) is 15.8. The van der Waals surface area contributed by atoms with Crippen LogP contribution in [0.1, 0.15) is 56.9 Å². The molecule has 1 fully saturated rings. The Kier molecular flexibility index (Phi) is 12.8. The van der Waals surface area contributed by atoms with Crippen LogP contribution in [0.2, 0.25) is 0 Å². The van der Waals surface area contributed by atoms with Crippen LogP contribution in [0, 0.1) is 3.57 Å². The molecule has 218 valence electrons. The van der Waals surface area contributed by atoms with E-state index < -0.39 is 18.2 Å². The van der Waals surface area contributed by atoms with Crippen molar-refractivity contribution >= 4 is 34.4 Å². The maximum atomic E-state index is 13.6. The molecule has 11 heteroatoms. The summed E-state index contributed by atoms with van der Waals surface area (Å²) in [5, 5.41) is 33.2. The number of amides is 2. The number of nitrogens with one attached hydrogen (secondary N) is 1. The summed E-state index contributed by atoms with van der Waals surface area (Å²) in [7, 11) is 3.04. The predicted octanol–water partition coefficient (Wildman–Crippen LogP) is 2.30. The maximum absolute atomic E-state index is 13.6. The van der Waals surface area contributed by atoms with Crippen molar-refractivity contribution < 1.29 is 39.1 Å². The van der Waals surface area contributed by atoms with Crippen molar-refractivity contribution in [3.8, 4) is 11.5 Å². The van der Waals surface area contributed by atoms with Crippen LogP contribution in [0.4, 0.5) is 0 Å². The van der Waals surface area contributed by atoms with Gasteiger partial charge in [-0.3, -0.25) is 9.59 Å². The number of hydrogen-bond acceptors (Lipinski definition) is 8. The van der Waals surface area contributed by atoms with Crippen molar-refractivity contribution in [2.45, 2.75) is 82.3 Å². The number of carbonyl (C=O) groups is 2. The Labute approximate surface area is 243 Å². The molecule has 4 N–H and O–H groups in total. The summed E-state index contributed by atoms with van der Waals surface area (Å²) in [5.74, 6) is 0.259. The minimum absolute atomic E-state index is 0.0597. The van der Waals surface area contributed by atoms with E-state index >= 15 is 0 Å². The van der Waals surface area contributed by atoms with Crippen molar-refractivity contribution in [1.29, 1.82) is 0 Å². The van der Waals surface area contributed by atoms with Crippen molar-refractivity contribution in [2.75, 3.05) is 34.0 Å². The maximum Gasteiger partial charge on any atom is 0.247 e. The molecule has 0 aromatic heterocycles. The number of benzene rings is 1. The van der Waals surface area contributed by atoms with Gasteiger partial charge in [0.15, 0.2) is 11.5 Å². The lowest BCUT2D eigenvalue weighted by Gasteiger charge is -2.44. The zero-order valence-electron chi connectivity index (χ0n) is 22.7. The Balaban J connectivity index is 2.02. The molecular formula is C28H41IN2O8. The lowest BCUT2D eigenvalue weighted by atomic mass is 9.86.